The second-order valence-corrected chi connectivity index (χ2v) is 4.36. The van der Waals surface area contributed by atoms with E-state index in [0.29, 0.717) is 26.4 Å². The van der Waals surface area contributed by atoms with Crippen LogP contribution in [0.25, 0.3) is 0 Å². The van der Waals surface area contributed by atoms with E-state index in [2.05, 4.69) is 10.1 Å². The molecule has 0 saturated carbocycles. The quantitative estimate of drug-likeness (QED) is 0.323. The Labute approximate surface area is 114 Å². The van der Waals surface area contributed by atoms with Crippen LogP contribution in [0.5, 0.6) is 0 Å². The van der Waals surface area contributed by atoms with Crippen molar-refractivity contribution in [1.82, 2.24) is 5.32 Å². The zero-order valence-corrected chi connectivity index (χ0v) is 12.0. The highest BCUT2D eigenvalue weighted by atomic mass is 127. The molecule has 0 heterocycles. The van der Waals surface area contributed by atoms with E-state index in [1.165, 1.54) is 7.11 Å². The molecule has 0 aromatic heterocycles. The van der Waals surface area contributed by atoms with E-state index in [1.807, 2.05) is 0 Å². The van der Waals surface area contributed by atoms with E-state index in [9.17, 15) is 9.59 Å². The van der Waals surface area contributed by atoms with Gasteiger partial charge in [-0.15, -0.1) is 0 Å². The lowest BCUT2D eigenvalue weighted by atomic mass is 10.5. The van der Waals surface area contributed by atoms with E-state index in [0.717, 1.165) is 6.42 Å². The lowest BCUT2D eigenvalue weighted by Crippen LogP contribution is -2.30. The molecule has 7 heteroatoms. The minimum atomic E-state index is -0.153. The van der Waals surface area contributed by atoms with Crippen molar-refractivity contribution in [3.63, 3.8) is 0 Å². The first-order valence-corrected chi connectivity index (χ1v) is 6.34. The van der Waals surface area contributed by atoms with Crippen molar-refractivity contribution < 1.29 is 23.8 Å². The maximum Gasteiger partial charge on any atom is 0.246 e. The number of carbonyl (C=O) groups excluding carboxylic acids is 2. The Kier molecular flexibility index (Phi) is 12.0. The first-order valence-electron chi connectivity index (χ1n) is 5.26. The molecule has 6 nitrogen and oxygen atoms in total. The smallest absolute Gasteiger partial charge is 0.246 e. The molecule has 0 rings (SSSR count). The Morgan fingerprint density at radius 2 is 1.82 bits per heavy atom. The van der Waals surface area contributed by atoms with Gasteiger partial charge in [0.15, 0.2) is 0 Å². The van der Waals surface area contributed by atoms with Crippen LogP contribution in [-0.4, -0.2) is 56.4 Å². The highest BCUT2D eigenvalue weighted by Gasteiger charge is 1.98. The van der Waals surface area contributed by atoms with Crippen LogP contribution in [0, 0.1) is 0 Å². The lowest BCUT2D eigenvalue weighted by Gasteiger charge is -2.06. The average molecular weight is 359 g/mol. The number of ether oxygens (including phenoxy) is 3. The van der Waals surface area contributed by atoms with Gasteiger partial charge < -0.3 is 19.5 Å². The van der Waals surface area contributed by atoms with Crippen molar-refractivity contribution in [2.75, 3.05) is 46.7 Å². The maximum atomic E-state index is 10.9. The number of rotatable bonds is 11. The molecule has 0 aliphatic carbocycles. The largest absolute Gasteiger partial charge is 0.380 e. The maximum absolute atomic E-state index is 10.9. The summed E-state index contributed by atoms with van der Waals surface area (Å²) in [4.78, 5) is 21.5. The number of carbonyl (C=O) groups is 2. The first-order chi connectivity index (χ1) is 8.16. The fourth-order valence-corrected chi connectivity index (χ4v) is 1.18. The molecule has 0 aliphatic rings. The number of nitrogens with one attached hydrogen (secondary N) is 1. The molecule has 0 spiro atoms. The third kappa shape index (κ3) is 13.7. The van der Waals surface area contributed by atoms with E-state index >= 15 is 0 Å². The van der Waals surface area contributed by atoms with Gasteiger partial charge in [0.25, 0.3) is 0 Å². The van der Waals surface area contributed by atoms with Crippen molar-refractivity contribution in [1.29, 1.82) is 0 Å². The van der Waals surface area contributed by atoms with Crippen LogP contribution in [0.4, 0.5) is 0 Å². The monoisotopic (exact) mass is 359 g/mol. The summed E-state index contributed by atoms with van der Waals surface area (Å²) in [7, 11) is 1.47. The summed E-state index contributed by atoms with van der Waals surface area (Å²) in [6.45, 7) is 2.20. The molecule has 0 atom stereocenters. The van der Waals surface area contributed by atoms with Crippen molar-refractivity contribution in [2.24, 2.45) is 0 Å². The second kappa shape index (κ2) is 12.2. The lowest BCUT2D eigenvalue weighted by molar-refractivity contribution is -0.125. The highest BCUT2D eigenvalue weighted by molar-refractivity contribution is 14.1. The van der Waals surface area contributed by atoms with Gasteiger partial charge in [-0.1, -0.05) is 0 Å². The SMILES string of the molecule is COCC(=O)NCCOCCCOCC(=O)I. The summed E-state index contributed by atoms with van der Waals surface area (Å²) in [5, 5.41) is 2.63. The van der Waals surface area contributed by atoms with E-state index in [-0.39, 0.29) is 22.9 Å². The van der Waals surface area contributed by atoms with Gasteiger partial charge >= 0.3 is 0 Å². The Morgan fingerprint density at radius 3 is 2.47 bits per heavy atom. The summed E-state index contributed by atoms with van der Waals surface area (Å²) in [6.07, 6.45) is 0.732. The minimum Gasteiger partial charge on any atom is -0.380 e. The zero-order valence-electron chi connectivity index (χ0n) is 9.87. The fourth-order valence-electron chi connectivity index (χ4n) is 0.962. The molecule has 17 heavy (non-hydrogen) atoms. The number of methoxy groups -OCH3 is 1. The van der Waals surface area contributed by atoms with Gasteiger partial charge in [-0.25, -0.2) is 0 Å². The molecule has 0 aromatic carbocycles. The summed E-state index contributed by atoms with van der Waals surface area (Å²) in [6, 6.07) is 0. The predicted molar refractivity (Wildman–Crippen MR) is 70.2 cm³/mol. The van der Waals surface area contributed by atoms with Crippen molar-refractivity contribution >= 4 is 32.3 Å². The standard InChI is InChI=1S/C10H18INO5/c1-15-8-10(14)12-3-6-16-4-2-5-17-7-9(11)13/h2-8H2,1H3,(H,12,14). The molecule has 0 fully saturated rings. The van der Waals surface area contributed by atoms with E-state index < -0.39 is 0 Å². The Balaban J connectivity index is 3.08. The van der Waals surface area contributed by atoms with Crippen LogP contribution in [-0.2, 0) is 23.8 Å². The van der Waals surface area contributed by atoms with Gasteiger partial charge in [0, 0.05) is 49.5 Å². The summed E-state index contributed by atoms with van der Waals surface area (Å²) in [5.74, 6) is -0.153. The van der Waals surface area contributed by atoms with E-state index in [1.54, 1.807) is 22.6 Å². The zero-order chi connectivity index (χ0) is 12.9. The average Bonchev–Trinajstić information content (AvgIpc) is 2.27. The predicted octanol–water partition coefficient (Wildman–Crippen LogP) is 0.134. The second-order valence-electron chi connectivity index (χ2n) is 3.16. The fraction of sp³-hybridized carbons (Fsp3) is 0.800. The molecular weight excluding hydrogens is 341 g/mol. The van der Waals surface area contributed by atoms with Crippen LogP contribution in [0.15, 0.2) is 0 Å². The van der Waals surface area contributed by atoms with Crippen LogP contribution in [0.3, 0.4) is 0 Å². The third-order valence-electron chi connectivity index (χ3n) is 1.64. The Bertz CT molecular complexity index is 225. The Morgan fingerprint density at radius 1 is 1.12 bits per heavy atom. The van der Waals surface area contributed by atoms with Gasteiger partial charge in [-0.3, -0.25) is 9.59 Å². The molecule has 0 radical (unpaired) electrons. The van der Waals surface area contributed by atoms with Gasteiger partial charge in [0.1, 0.15) is 13.2 Å². The molecule has 0 aliphatic heterocycles. The molecule has 1 amide bonds. The third-order valence-corrected chi connectivity index (χ3v) is 1.95. The van der Waals surface area contributed by atoms with Crippen LogP contribution >= 0.6 is 22.6 Å². The van der Waals surface area contributed by atoms with Gasteiger partial charge in [0.2, 0.25) is 9.70 Å². The van der Waals surface area contributed by atoms with Gasteiger partial charge in [0.05, 0.1) is 6.61 Å². The number of halogens is 1. The van der Waals surface area contributed by atoms with Crippen LogP contribution in [0.1, 0.15) is 6.42 Å². The van der Waals surface area contributed by atoms with Crippen molar-refractivity contribution in [3.05, 3.63) is 0 Å². The normalized spacial score (nSPS) is 10.2. The first kappa shape index (κ1) is 16.8. The van der Waals surface area contributed by atoms with Crippen molar-refractivity contribution in [3.8, 4) is 0 Å². The molecule has 0 aromatic rings. The van der Waals surface area contributed by atoms with Crippen molar-refractivity contribution in [2.45, 2.75) is 6.42 Å². The number of hydrogen-bond acceptors (Lipinski definition) is 5. The molecular formula is C10H18INO5. The van der Waals surface area contributed by atoms with E-state index in [4.69, 9.17) is 9.47 Å². The summed E-state index contributed by atoms with van der Waals surface area (Å²) < 4.78 is 14.9. The topological polar surface area (TPSA) is 73.9 Å². The highest BCUT2D eigenvalue weighted by Crippen LogP contribution is 1.89. The molecule has 0 bridgehead atoms. The summed E-state index contributed by atoms with van der Waals surface area (Å²) in [5.41, 5.74) is 0. The number of hydrogen-bond donors (Lipinski definition) is 1. The Hall–Kier alpha value is -0.250. The van der Waals surface area contributed by atoms with Gasteiger partial charge in [-0.05, 0) is 6.42 Å². The molecule has 0 saturated heterocycles. The molecule has 0 unspecified atom stereocenters. The number of amides is 1. The van der Waals surface area contributed by atoms with Crippen LogP contribution < -0.4 is 5.32 Å². The summed E-state index contributed by atoms with van der Waals surface area (Å²) >= 11 is 1.69. The van der Waals surface area contributed by atoms with Crippen LogP contribution in [0.2, 0.25) is 0 Å². The molecule has 100 valence electrons. The molecule has 1 N–H and O–H groups in total. The van der Waals surface area contributed by atoms with Gasteiger partial charge in [-0.2, -0.15) is 0 Å². The minimum absolute atomic E-state index is 0.00984.